The highest BCUT2D eigenvalue weighted by Crippen LogP contribution is 2.29. The van der Waals surface area contributed by atoms with Crippen LogP contribution in [0.4, 0.5) is 0 Å². The molecule has 0 saturated carbocycles. The molecule has 0 aliphatic carbocycles. The van der Waals surface area contributed by atoms with Crippen LogP contribution in [0.1, 0.15) is 5.56 Å². The first-order chi connectivity index (χ1) is 10.4. The molecule has 0 bridgehead atoms. The van der Waals surface area contributed by atoms with Gasteiger partial charge < -0.3 is 23.2 Å². The van der Waals surface area contributed by atoms with Crippen molar-refractivity contribution in [2.24, 2.45) is 0 Å². The zero-order chi connectivity index (χ0) is 16.6. The molecule has 1 aromatic carbocycles. The average Bonchev–Trinajstić information content (AvgIpc) is 2.52. The minimum absolute atomic E-state index is 0.127. The molecule has 2 atom stereocenters. The Morgan fingerprint density at radius 1 is 1.05 bits per heavy atom. The molecule has 0 aliphatic rings. The molecule has 1 N–H and O–H groups in total. The van der Waals surface area contributed by atoms with Crippen LogP contribution in [0.3, 0.4) is 0 Å². The Morgan fingerprint density at radius 3 is 1.91 bits per heavy atom. The summed E-state index contributed by atoms with van der Waals surface area (Å²) in [7, 11) is -2.91. The van der Waals surface area contributed by atoms with Crippen molar-refractivity contribution < 1.29 is 32.3 Å². The maximum absolute atomic E-state index is 11.2. The highest BCUT2D eigenvalue weighted by Gasteiger charge is 2.30. The minimum Gasteiger partial charge on any atom is -0.385 e. The van der Waals surface area contributed by atoms with Crippen LogP contribution in [0.5, 0.6) is 0 Å². The summed E-state index contributed by atoms with van der Waals surface area (Å²) in [5.41, 5.74) is -0.779. The summed E-state index contributed by atoms with van der Waals surface area (Å²) in [5, 5.41) is 11.1. The third kappa shape index (κ3) is 7.36. The van der Waals surface area contributed by atoms with Crippen molar-refractivity contribution in [1.82, 2.24) is 0 Å². The van der Waals surface area contributed by atoms with Crippen molar-refractivity contribution in [3.05, 3.63) is 34.9 Å². The van der Waals surface area contributed by atoms with Crippen molar-refractivity contribution in [2.75, 3.05) is 27.4 Å². The van der Waals surface area contributed by atoms with Gasteiger partial charge in [0.15, 0.2) is 0 Å². The maximum atomic E-state index is 11.2. The molecule has 0 radical (unpaired) electrons. The third-order valence-electron chi connectivity index (χ3n) is 2.70. The summed E-state index contributed by atoms with van der Waals surface area (Å²) in [6, 6.07) is 6.81. The van der Waals surface area contributed by atoms with Gasteiger partial charge in [-0.1, -0.05) is 23.7 Å². The molecule has 0 fully saturated rings. The average molecular weight is 373 g/mol. The van der Waals surface area contributed by atoms with E-state index in [0.29, 0.717) is 5.02 Å². The van der Waals surface area contributed by atoms with E-state index < -0.39 is 22.1 Å². The standard InChI is InChI=1S/C12H19ClO7P2/c1-17-21(15)19-8-12(14,9-20-22(16)18-2)7-10-3-5-11(13)6-4-10/h3-6,14,21-22H,7-9H2,1-2H3. The molecule has 0 spiro atoms. The second-order valence-corrected chi connectivity index (χ2v) is 7.34. The van der Waals surface area contributed by atoms with Gasteiger partial charge in [0, 0.05) is 25.7 Å². The Labute approximate surface area is 135 Å². The zero-order valence-electron chi connectivity index (χ0n) is 12.2. The predicted octanol–water partition coefficient (Wildman–Crippen LogP) is 2.72. The molecule has 0 saturated heterocycles. The molecule has 0 amide bonds. The molecule has 0 aromatic heterocycles. The van der Waals surface area contributed by atoms with Crippen molar-refractivity contribution >= 4 is 28.1 Å². The van der Waals surface area contributed by atoms with Gasteiger partial charge >= 0.3 is 16.5 Å². The quantitative estimate of drug-likeness (QED) is 0.631. The number of rotatable bonds is 10. The van der Waals surface area contributed by atoms with Crippen LogP contribution in [-0.4, -0.2) is 38.1 Å². The molecule has 0 heterocycles. The molecule has 1 aromatic rings. The lowest BCUT2D eigenvalue weighted by Crippen LogP contribution is -2.40. The maximum Gasteiger partial charge on any atom is 0.318 e. The summed E-state index contributed by atoms with van der Waals surface area (Å²) < 4.78 is 41.5. The van der Waals surface area contributed by atoms with E-state index in [4.69, 9.17) is 20.6 Å². The van der Waals surface area contributed by atoms with Crippen LogP contribution in [0.2, 0.25) is 5.02 Å². The van der Waals surface area contributed by atoms with E-state index in [1.807, 2.05) is 0 Å². The lowest BCUT2D eigenvalue weighted by Gasteiger charge is -2.27. The third-order valence-corrected chi connectivity index (χ3v) is 4.38. The Balaban J connectivity index is 2.76. The highest BCUT2D eigenvalue weighted by atomic mass is 35.5. The Hall–Kier alpha value is -0.230. The SMILES string of the molecule is CO[PH](=O)OCC(O)(CO[PH](=O)OC)Cc1ccc(Cl)cc1. The summed E-state index contributed by atoms with van der Waals surface area (Å²) in [4.78, 5) is 0. The Bertz CT molecular complexity index is 489. The summed E-state index contributed by atoms with van der Waals surface area (Å²) in [5.74, 6) is 0. The molecule has 126 valence electrons. The van der Waals surface area contributed by atoms with Crippen LogP contribution in [-0.2, 0) is 33.6 Å². The van der Waals surface area contributed by atoms with Gasteiger partial charge in [0.05, 0.1) is 13.2 Å². The number of benzene rings is 1. The summed E-state index contributed by atoms with van der Waals surface area (Å²) in [6.45, 7) is -0.611. The van der Waals surface area contributed by atoms with E-state index in [9.17, 15) is 14.2 Å². The first-order valence-electron chi connectivity index (χ1n) is 6.27. The van der Waals surface area contributed by atoms with Gasteiger partial charge in [-0.3, -0.25) is 9.13 Å². The van der Waals surface area contributed by atoms with Gasteiger partial charge in [0.25, 0.3) is 0 Å². The van der Waals surface area contributed by atoms with Gasteiger partial charge in [-0.25, -0.2) is 0 Å². The number of halogens is 1. The van der Waals surface area contributed by atoms with Crippen molar-refractivity contribution in [3.63, 3.8) is 0 Å². The van der Waals surface area contributed by atoms with Crippen LogP contribution in [0.25, 0.3) is 0 Å². The topological polar surface area (TPSA) is 91.3 Å². The van der Waals surface area contributed by atoms with Gasteiger partial charge in [0.1, 0.15) is 5.60 Å². The number of hydrogen-bond acceptors (Lipinski definition) is 7. The van der Waals surface area contributed by atoms with Crippen LogP contribution in [0.15, 0.2) is 24.3 Å². The van der Waals surface area contributed by atoms with Gasteiger partial charge in [-0.05, 0) is 17.7 Å². The fourth-order valence-electron chi connectivity index (χ4n) is 1.63. The molecule has 1 rings (SSSR count). The molecule has 0 aliphatic heterocycles. The Kier molecular flexibility index (Phi) is 8.83. The van der Waals surface area contributed by atoms with Crippen molar-refractivity contribution in [3.8, 4) is 0 Å². The summed E-state index contributed by atoms with van der Waals surface area (Å²) in [6.07, 6.45) is 0.127. The van der Waals surface area contributed by atoms with E-state index in [1.54, 1.807) is 24.3 Å². The van der Waals surface area contributed by atoms with Gasteiger partial charge in [0.2, 0.25) is 0 Å². The lowest BCUT2D eigenvalue weighted by atomic mass is 9.96. The number of hydrogen-bond donors (Lipinski definition) is 1. The smallest absolute Gasteiger partial charge is 0.318 e. The first-order valence-corrected chi connectivity index (χ1v) is 9.09. The molecule has 22 heavy (non-hydrogen) atoms. The van der Waals surface area contributed by atoms with Crippen LogP contribution >= 0.6 is 28.1 Å². The molecule has 2 unspecified atom stereocenters. The molecular weight excluding hydrogens is 354 g/mol. The highest BCUT2D eigenvalue weighted by molar-refractivity contribution is 7.33. The van der Waals surface area contributed by atoms with E-state index in [1.165, 1.54) is 14.2 Å². The monoisotopic (exact) mass is 372 g/mol. The summed E-state index contributed by atoms with van der Waals surface area (Å²) >= 11 is 5.81. The van der Waals surface area contributed by atoms with E-state index in [-0.39, 0.29) is 19.6 Å². The van der Waals surface area contributed by atoms with Crippen LogP contribution in [0, 0.1) is 0 Å². The molecular formula is C12H19ClO7P2. The van der Waals surface area contributed by atoms with Crippen molar-refractivity contribution in [2.45, 2.75) is 12.0 Å². The van der Waals surface area contributed by atoms with E-state index in [2.05, 4.69) is 9.05 Å². The second kappa shape index (κ2) is 9.81. The van der Waals surface area contributed by atoms with Crippen LogP contribution < -0.4 is 0 Å². The molecule has 10 heteroatoms. The minimum atomic E-state index is -2.69. The fraction of sp³-hybridized carbons (Fsp3) is 0.500. The Morgan fingerprint density at radius 2 is 1.50 bits per heavy atom. The van der Waals surface area contributed by atoms with E-state index in [0.717, 1.165) is 5.56 Å². The number of aliphatic hydroxyl groups is 1. The first kappa shape index (κ1) is 19.8. The second-order valence-electron chi connectivity index (χ2n) is 4.51. The van der Waals surface area contributed by atoms with Gasteiger partial charge in [-0.2, -0.15) is 0 Å². The fourth-order valence-corrected chi connectivity index (χ4v) is 2.77. The van der Waals surface area contributed by atoms with Gasteiger partial charge in [-0.15, -0.1) is 0 Å². The zero-order valence-corrected chi connectivity index (χ0v) is 15.0. The lowest BCUT2D eigenvalue weighted by molar-refractivity contribution is -0.0413. The molecule has 7 nitrogen and oxygen atoms in total. The predicted molar refractivity (Wildman–Crippen MR) is 84.0 cm³/mol. The normalized spacial score (nSPS) is 16.9. The van der Waals surface area contributed by atoms with Crippen molar-refractivity contribution in [1.29, 1.82) is 0 Å². The largest absolute Gasteiger partial charge is 0.385 e. The van der Waals surface area contributed by atoms with E-state index >= 15 is 0 Å².